The van der Waals surface area contributed by atoms with Crippen LogP contribution in [0, 0.1) is 28.6 Å². The zero-order chi connectivity index (χ0) is 20.2. The van der Waals surface area contributed by atoms with E-state index in [0.717, 1.165) is 58.7 Å². The molecule has 5 atom stereocenters. The van der Waals surface area contributed by atoms with E-state index < -0.39 is 5.79 Å². The van der Waals surface area contributed by atoms with Crippen LogP contribution >= 0.6 is 30.4 Å². The largest absolute Gasteiger partial charge is 0.347 e. The van der Waals surface area contributed by atoms with Crippen LogP contribution in [0.1, 0.15) is 65.2 Å². The fourth-order valence-corrected chi connectivity index (χ4v) is 8.85. The predicted molar refractivity (Wildman–Crippen MR) is 120 cm³/mol. The zero-order valence-corrected chi connectivity index (χ0v) is 20.7. The lowest BCUT2D eigenvalue weighted by Crippen LogP contribution is -2.62. The van der Waals surface area contributed by atoms with Gasteiger partial charge in [0.05, 0.1) is 42.2 Å². The first kappa shape index (κ1) is 21.7. The van der Waals surface area contributed by atoms with E-state index in [1.54, 1.807) is 0 Å². The van der Waals surface area contributed by atoms with E-state index in [-0.39, 0.29) is 16.6 Å². The van der Waals surface area contributed by atoms with Gasteiger partial charge in [0.15, 0.2) is 11.6 Å². The monoisotopic (exact) mass is 538 g/mol. The van der Waals surface area contributed by atoms with Gasteiger partial charge in [-0.05, 0) is 56.3 Å². The highest BCUT2D eigenvalue weighted by atomic mass is 127. The minimum atomic E-state index is -0.393. The summed E-state index contributed by atoms with van der Waals surface area (Å²) in [6.07, 6.45) is 9.09. The molecule has 2 spiro atoms. The van der Waals surface area contributed by atoms with Crippen molar-refractivity contribution in [1.29, 1.82) is 0 Å². The first-order valence-corrected chi connectivity index (χ1v) is 14.7. The van der Waals surface area contributed by atoms with Crippen LogP contribution < -0.4 is 0 Å². The molecule has 5 nitrogen and oxygen atoms in total. The summed E-state index contributed by atoms with van der Waals surface area (Å²) in [6, 6.07) is 0. The first-order valence-electron chi connectivity index (χ1n) is 11.5. The lowest BCUT2D eigenvalue weighted by molar-refractivity contribution is -0.302. The summed E-state index contributed by atoms with van der Waals surface area (Å²) >= 11 is 2.20. The molecule has 29 heavy (non-hydrogen) atoms. The van der Waals surface area contributed by atoms with Gasteiger partial charge < -0.3 is 23.1 Å². The highest BCUT2D eigenvalue weighted by Gasteiger charge is 2.69. The Morgan fingerprint density at radius 3 is 2.17 bits per heavy atom. The highest BCUT2D eigenvalue weighted by molar-refractivity contribution is 14.2. The van der Waals surface area contributed by atoms with Crippen molar-refractivity contribution >= 4 is 30.4 Å². The van der Waals surface area contributed by atoms with Crippen LogP contribution in [0.15, 0.2) is 0 Å². The molecule has 5 unspecified atom stereocenters. The Labute approximate surface area is 191 Å². The second-order valence-corrected chi connectivity index (χ2v) is 11.7. The molecule has 2 heterocycles. The summed E-state index contributed by atoms with van der Waals surface area (Å²) in [7, 11) is 1.44. The lowest BCUT2D eigenvalue weighted by Gasteiger charge is -2.61. The third-order valence-corrected chi connectivity index (χ3v) is 10.5. The maximum Gasteiger partial charge on any atom is 0.174 e. The van der Waals surface area contributed by atoms with Crippen molar-refractivity contribution < 1.29 is 23.1 Å². The van der Waals surface area contributed by atoms with Gasteiger partial charge in [0, 0.05) is 44.9 Å². The first-order chi connectivity index (χ1) is 14.0. The van der Waals surface area contributed by atoms with Gasteiger partial charge in [0.2, 0.25) is 0 Å². The van der Waals surface area contributed by atoms with E-state index in [2.05, 4.69) is 35.1 Å². The van der Waals surface area contributed by atoms with E-state index in [1.807, 2.05) is 0 Å². The highest BCUT2D eigenvalue weighted by Crippen LogP contribution is 2.70. The zero-order valence-electron chi connectivity index (χ0n) is 17.8. The van der Waals surface area contributed by atoms with Gasteiger partial charge >= 0.3 is 0 Å². The van der Waals surface area contributed by atoms with Gasteiger partial charge in [0.1, 0.15) is 0 Å². The molecule has 0 amide bonds. The number of fused-ring (bicyclic) bond motifs is 4. The Morgan fingerprint density at radius 2 is 1.48 bits per heavy atom. The molecular weight excluding hydrogens is 503 g/mol. The van der Waals surface area contributed by atoms with Crippen LogP contribution in [-0.2, 0) is 23.1 Å². The minimum absolute atomic E-state index is 0.0419. The molecule has 5 fully saturated rings. The molecule has 2 aliphatic heterocycles. The van der Waals surface area contributed by atoms with Crippen LogP contribution in [0.2, 0.25) is 0 Å². The standard InChI is InChI=1S/C22H35IO5S/c1-19(7-3-11-28-29-23)17-5-8-20(2)18(6-10-22(20)26-14-15-27-22)16(17)4-9-21(19)24-12-13-25-21/h16-18H,3-15H2,1-2H3. The summed E-state index contributed by atoms with van der Waals surface area (Å²) in [4.78, 5) is 0. The number of hydrogen-bond acceptors (Lipinski definition) is 6. The minimum Gasteiger partial charge on any atom is -0.347 e. The molecule has 0 aromatic carbocycles. The third kappa shape index (κ3) is 3.11. The van der Waals surface area contributed by atoms with Crippen LogP contribution in [-0.4, -0.2) is 44.6 Å². The number of ether oxygens (including phenoxy) is 4. The summed E-state index contributed by atoms with van der Waals surface area (Å²) in [6.45, 7) is 8.70. The average Bonchev–Trinajstić information content (AvgIpc) is 3.44. The Bertz CT molecular complexity index is 608. The third-order valence-electron chi connectivity index (χ3n) is 9.45. The van der Waals surface area contributed by atoms with E-state index >= 15 is 0 Å². The van der Waals surface area contributed by atoms with Gasteiger partial charge in [-0.2, -0.15) is 0 Å². The number of halogens is 1. The quantitative estimate of drug-likeness (QED) is 0.262. The Morgan fingerprint density at radius 1 is 0.862 bits per heavy atom. The van der Waals surface area contributed by atoms with Crippen molar-refractivity contribution in [3.8, 4) is 0 Å². The topological polar surface area (TPSA) is 46.2 Å². The molecule has 0 N–H and O–H groups in total. The molecule has 7 heteroatoms. The molecule has 3 saturated carbocycles. The summed E-state index contributed by atoms with van der Waals surface area (Å²) in [5.74, 6) is 1.31. The SMILES string of the molecule is CC1(CCCOSI)C2CCC3(C)C(CCC34OCCO4)C2CCC12OCCO2. The van der Waals surface area contributed by atoms with Crippen molar-refractivity contribution in [2.75, 3.05) is 33.0 Å². The second kappa shape index (κ2) is 8.03. The van der Waals surface area contributed by atoms with Gasteiger partial charge in [-0.3, -0.25) is 0 Å². The van der Waals surface area contributed by atoms with Crippen LogP contribution in [0.4, 0.5) is 0 Å². The normalized spacial score (nSPS) is 45.0. The molecule has 5 rings (SSSR count). The van der Waals surface area contributed by atoms with E-state index in [4.69, 9.17) is 23.1 Å². The van der Waals surface area contributed by atoms with Crippen molar-refractivity contribution in [2.45, 2.75) is 76.8 Å². The van der Waals surface area contributed by atoms with Crippen LogP contribution in [0.25, 0.3) is 0 Å². The Hall–Kier alpha value is 0.880. The molecular formula is C22H35IO5S. The van der Waals surface area contributed by atoms with Crippen molar-refractivity contribution in [3.63, 3.8) is 0 Å². The van der Waals surface area contributed by atoms with Gasteiger partial charge in [-0.15, -0.1) is 0 Å². The lowest BCUT2D eigenvalue weighted by atomic mass is 9.47. The predicted octanol–water partition coefficient (Wildman–Crippen LogP) is 5.51. The van der Waals surface area contributed by atoms with Crippen molar-refractivity contribution in [1.82, 2.24) is 0 Å². The van der Waals surface area contributed by atoms with Gasteiger partial charge in [0.25, 0.3) is 0 Å². The van der Waals surface area contributed by atoms with Crippen molar-refractivity contribution in [3.05, 3.63) is 0 Å². The van der Waals surface area contributed by atoms with E-state index in [1.165, 1.54) is 34.9 Å². The molecule has 0 bridgehead atoms. The molecule has 0 radical (unpaired) electrons. The fraction of sp³-hybridized carbons (Fsp3) is 1.00. The molecule has 3 aliphatic carbocycles. The maximum atomic E-state index is 6.41. The maximum absolute atomic E-state index is 6.41. The second-order valence-electron chi connectivity index (χ2n) is 10.2. The van der Waals surface area contributed by atoms with E-state index in [0.29, 0.717) is 17.8 Å². The van der Waals surface area contributed by atoms with Crippen LogP contribution in [0.5, 0.6) is 0 Å². The summed E-state index contributed by atoms with van der Waals surface area (Å²) < 4.78 is 31.0. The molecule has 166 valence electrons. The summed E-state index contributed by atoms with van der Waals surface area (Å²) in [5.41, 5.74) is 0.189. The van der Waals surface area contributed by atoms with Crippen LogP contribution in [0.3, 0.4) is 0 Å². The van der Waals surface area contributed by atoms with E-state index in [9.17, 15) is 0 Å². The average molecular weight is 538 g/mol. The molecule has 0 aromatic rings. The van der Waals surface area contributed by atoms with Gasteiger partial charge in [-0.1, -0.05) is 13.8 Å². The molecule has 2 saturated heterocycles. The Balaban J connectivity index is 1.42. The molecule has 5 aliphatic rings. The smallest absolute Gasteiger partial charge is 0.174 e. The van der Waals surface area contributed by atoms with Crippen molar-refractivity contribution in [2.24, 2.45) is 28.6 Å². The number of hydrogen-bond donors (Lipinski definition) is 0. The molecule has 0 aromatic heterocycles. The van der Waals surface area contributed by atoms with Gasteiger partial charge in [-0.25, -0.2) is 0 Å². The number of rotatable bonds is 5. The Kier molecular flexibility index (Phi) is 6.01. The summed E-state index contributed by atoms with van der Waals surface area (Å²) in [5, 5.41) is 0. The fourth-order valence-electron chi connectivity index (χ4n) is 8.13.